The molecule has 4 rings (SSSR count). The summed E-state index contributed by atoms with van der Waals surface area (Å²) in [6.45, 7) is 1.48. The molecule has 2 amide bonds. The maximum atomic E-state index is 12.6. The second kappa shape index (κ2) is 9.94. The highest BCUT2D eigenvalue weighted by molar-refractivity contribution is 5.98. The van der Waals surface area contributed by atoms with E-state index in [2.05, 4.69) is 22.4 Å². The molecule has 0 unspecified atom stereocenters. The average Bonchev–Trinajstić information content (AvgIpc) is 3.31. The quantitative estimate of drug-likeness (QED) is 0.746. The van der Waals surface area contributed by atoms with Gasteiger partial charge in [-0.15, -0.1) is 0 Å². The van der Waals surface area contributed by atoms with Gasteiger partial charge in [-0.1, -0.05) is 43.2 Å². The zero-order valence-corrected chi connectivity index (χ0v) is 18.1. The lowest BCUT2D eigenvalue weighted by molar-refractivity contribution is -0.132. The summed E-state index contributed by atoms with van der Waals surface area (Å²) in [5, 5.41) is 3.07. The van der Waals surface area contributed by atoms with E-state index in [9.17, 15) is 9.59 Å². The van der Waals surface area contributed by atoms with Crippen molar-refractivity contribution in [1.29, 1.82) is 0 Å². The molecule has 2 aromatic rings. The lowest BCUT2D eigenvalue weighted by Crippen LogP contribution is -2.38. The highest BCUT2D eigenvalue weighted by atomic mass is 16.2. The number of nitrogens with zero attached hydrogens (tertiary/aromatic N) is 2. The highest BCUT2D eigenvalue weighted by Gasteiger charge is 2.26. The first-order chi connectivity index (χ1) is 15.1. The second-order valence-electron chi connectivity index (χ2n) is 8.76. The van der Waals surface area contributed by atoms with E-state index < -0.39 is 0 Å². The summed E-state index contributed by atoms with van der Waals surface area (Å²) in [5.74, 6) is 0.665. The van der Waals surface area contributed by atoms with Crippen LogP contribution >= 0.6 is 0 Å². The molecule has 0 atom stereocenters. The van der Waals surface area contributed by atoms with Crippen molar-refractivity contribution in [1.82, 2.24) is 15.2 Å². The van der Waals surface area contributed by atoms with Gasteiger partial charge in [0, 0.05) is 37.2 Å². The van der Waals surface area contributed by atoms with E-state index in [0.29, 0.717) is 17.8 Å². The van der Waals surface area contributed by atoms with Crippen LogP contribution in [-0.4, -0.2) is 40.8 Å². The molecular weight excluding hydrogens is 388 g/mol. The topological polar surface area (TPSA) is 88.3 Å². The Balaban J connectivity index is 1.28. The Hall–Kier alpha value is -2.89. The smallest absolute Gasteiger partial charge is 0.255 e. The van der Waals surface area contributed by atoms with Crippen LogP contribution in [0.3, 0.4) is 0 Å². The lowest BCUT2D eigenvalue weighted by Gasteiger charge is -2.32. The Kier molecular flexibility index (Phi) is 6.85. The first-order valence-electron chi connectivity index (χ1n) is 11.5. The van der Waals surface area contributed by atoms with Crippen LogP contribution in [-0.2, 0) is 11.2 Å². The molecule has 6 heteroatoms. The number of aromatic nitrogens is 1. The Morgan fingerprint density at radius 3 is 2.39 bits per heavy atom. The number of rotatable bonds is 6. The number of benzene rings is 1. The first kappa shape index (κ1) is 21.3. The van der Waals surface area contributed by atoms with Crippen molar-refractivity contribution >= 4 is 17.6 Å². The van der Waals surface area contributed by atoms with Gasteiger partial charge in [0.1, 0.15) is 5.82 Å². The highest BCUT2D eigenvalue weighted by Crippen LogP contribution is 2.28. The van der Waals surface area contributed by atoms with Gasteiger partial charge < -0.3 is 16.0 Å². The van der Waals surface area contributed by atoms with Crippen LogP contribution in [0.1, 0.15) is 72.5 Å². The summed E-state index contributed by atoms with van der Waals surface area (Å²) < 4.78 is 0. The number of carbonyl (C=O) groups excluding carboxylic acids is 2. The van der Waals surface area contributed by atoms with Gasteiger partial charge in [-0.2, -0.15) is 0 Å². The number of pyridine rings is 1. The van der Waals surface area contributed by atoms with Gasteiger partial charge in [-0.3, -0.25) is 9.59 Å². The summed E-state index contributed by atoms with van der Waals surface area (Å²) in [7, 11) is 0. The fourth-order valence-electron chi connectivity index (χ4n) is 4.72. The summed E-state index contributed by atoms with van der Waals surface area (Å²) in [6, 6.07) is 14.1. The molecule has 1 aliphatic heterocycles. The van der Waals surface area contributed by atoms with Gasteiger partial charge in [0.2, 0.25) is 5.91 Å². The molecule has 2 fully saturated rings. The molecule has 1 aliphatic carbocycles. The van der Waals surface area contributed by atoms with Crippen molar-refractivity contribution in [2.45, 2.75) is 63.3 Å². The molecule has 164 valence electrons. The number of aryl methyl sites for hydroxylation is 1. The summed E-state index contributed by atoms with van der Waals surface area (Å²) >= 11 is 0. The Bertz CT molecular complexity index is 901. The van der Waals surface area contributed by atoms with Gasteiger partial charge in [0.15, 0.2) is 0 Å². The predicted octanol–water partition coefficient (Wildman–Crippen LogP) is 3.68. The largest absolute Gasteiger partial charge is 0.383 e. The molecule has 1 saturated carbocycles. The van der Waals surface area contributed by atoms with Crippen molar-refractivity contribution in [2.75, 3.05) is 18.8 Å². The number of nitrogens with two attached hydrogens (primary N) is 1. The van der Waals surface area contributed by atoms with Crippen LogP contribution in [0.4, 0.5) is 5.82 Å². The van der Waals surface area contributed by atoms with Gasteiger partial charge in [0.05, 0.1) is 5.56 Å². The molecule has 6 nitrogen and oxygen atoms in total. The minimum atomic E-state index is -0.123. The molecular formula is C25H32N4O2. The molecule has 2 heterocycles. The van der Waals surface area contributed by atoms with Crippen molar-refractivity contribution < 1.29 is 9.59 Å². The molecule has 1 aromatic heterocycles. The first-order valence-corrected chi connectivity index (χ1v) is 11.5. The summed E-state index contributed by atoms with van der Waals surface area (Å²) in [5.41, 5.74) is 8.72. The van der Waals surface area contributed by atoms with Gasteiger partial charge in [0.25, 0.3) is 5.91 Å². The lowest BCUT2D eigenvalue weighted by atomic mass is 9.92. The summed E-state index contributed by atoms with van der Waals surface area (Å²) in [6.07, 6.45) is 7.50. The maximum Gasteiger partial charge on any atom is 0.255 e. The molecule has 31 heavy (non-hydrogen) atoms. The van der Waals surface area contributed by atoms with Gasteiger partial charge in [-0.05, 0) is 49.8 Å². The van der Waals surface area contributed by atoms with E-state index in [0.717, 1.165) is 50.9 Å². The van der Waals surface area contributed by atoms with Crippen molar-refractivity contribution in [3.8, 4) is 0 Å². The zero-order valence-electron chi connectivity index (χ0n) is 18.1. The predicted molar refractivity (Wildman–Crippen MR) is 122 cm³/mol. The third-order valence-electron chi connectivity index (χ3n) is 6.62. The zero-order chi connectivity index (χ0) is 21.6. The fraction of sp³-hybridized carbons (Fsp3) is 0.480. The van der Waals surface area contributed by atoms with E-state index in [4.69, 9.17) is 5.73 Å². The second-order valence-corrected chi connectivity index (χ2v) is 8.76. The van der Waals surface area contributed by atoms with Crippen LogP contribution in [0.25, 0.3) is 0 Å². The molecule has 0 radical (unpaired) electrons. The van der Waals surface area contributed by atoms with Gasteiger partial charge in [-0.25, -0.2) is 4.98 Å². The Labute approximate surface area is 184 Å². The molecule has 2 aliphatic rings. The van der Waals surface area contributed by atoms with Crippen molar-refractivity contribution in [3.63, 3.8) is 0 Å². The van der Waals surface area contributed by atoms with E-state index in [1.54, 1.807) is 6.07 Å². The standard InChI is InChI=1S/C25H32N4O2/c26-24-21(25(31)27-20-8-4-5-9-20)11-12-22(28-24)19-14-16-29(17-15-19)23(30)13-10-18-6-2-1-3-7-18/h1-3,6-7,11-12,19-20H,4-5,8-10,13-17H2,(H2,26,28)(H,27,31). The number of hydrogen-bond acceptors (Lipinski definition) is 4. The number of carbonyl (C=O) groups is 2. The van der Waals surface area contributed by atoms with Crippen LogP contribution in [0.2, 0.25) is 0 Å². The van der Waals surface area contributed by atoms with E-state index in [1.165, 1.54) is 18.4 Å². The molecule has 1 aromatic carbocycles. The van der Waals surface area contributed by atoms with Crippen molar-refractivity contribution in [2.24, 2.45) is 0 Å². The number of hydrogen-bond donors (Lipinski definition) is 2. The third kappa shape index (κ3) is 5.43. The van der Waals surface area contributed by atoms with E-state index >= 15 is 0 Å². The van der Waals surface area contributed by atoms with E-state index in [1.807, 2.05) is 29.2 Å². The summed E-state index contributed by atoms with van der Waals surface area (Å²) in [4.78, 5) is 31.6. The minimum absolute atomic E-state index is 0.123. The number of anilines is 1. The average molecular weight is 421 g/mol. The fourth-order valence-corrected chi connectivity index (χ4v) is 4.72. The number of amides is 2. The normalized spacial score (nSPS) is 17.6. The number of likely N-dealkylation sites (tertiary alicyclic amines) is 1. The van der Waals surface area contributed by atoms with E-state index in [-0.39, 0.29) is 23.8 Å². The van der Waals surface area contributed by atoms with Crippen molar-refractivity contribution in [3.05, 3.63) is 59.3 Å². The number of nitrogen functional groups attached to an aromatic ring is 1. The SMILES string of the molecule is Nc1nc(C2CCN(C(=O)CCc3ccccc3)CC2)ccc1C(=O)NC1CCCC1. The maximum absolute atomic E-state index is 12.6. The monoisotopic (exact) mass is 420 g/mol. The van der Waals surface area contributed by atoms with Crippen LogP contribution in [0.15, 0.2) is 42.5 Å². The third-order valence-corrected chi connectivity index (χ3v) is 6.62. The van der Waals surface area contributed by atoms with Crippen LogP contribution < -0.4 is 11.1 Å². The van der Waals surface area contributed by atoms with Crippen LogP contribution in [0, 0.1) is 0 Å². The van der Waals surface area contributed by atoms with Gasteiger partial charge >= 0.3 is 0 Å². The molecule has 1 saturated heterocycles. The minimum Gasteiger partial charge on any atom is -0.383 e. The molecule has 3 N–H and O–H groups in total. The Morgan fingerprint density at radius 1 is 1.00 bits per heavy atom. The molecule has 0 spiro atoms. The molecule has 0 bridgehead atoms. The Morgan fingerprint density at radius 2 is 1.71 bits per heavy atom. The number of piperidine rings is 1. The number of nitrogens with one attached hydrogen (secondary N) is 1. The van der Waals surface area contributed by atoms with Crippen LogP contribution in [0.5, 0.6) is 0 Å².